The molecule has 0 amide bonds. The molecule has 4 nitrogen and oxygen atoms in total. The largest absolute Gasteiger partial charge is 0.516 e. The summed E-state index contributed by atoms with van der Waals surface area (Å²) in [5.74, 6) is -0.933. The van der Waals surface area contributed by atoms with E-state index in [4.69, 9.17) is 10.2 Å². The number of hydrogen-bond acceptors (Lipinski definition) is 3. The highest BCUT2D eigenvalue weighted by Crippen LogP contribution is 2.12. The van der Waals surface area contributed by atoms with Crippen LogP contribution in [0.25, 0.3) is 0 Å². The first-order chi connectivity index (χ1) is 8.51. The smallest absolute Gasteiger partial charge is 0.306 e. The summed E-state index contributed by atoms with van der Waals surface area (Å²) >= 11 is 0. The standard InChI is InChI=1S/C14H25NO3/c1-4-13(14(17)18)8-7-12(3)15-10-11(2)6-5-9-16/h5-6,9,12-13,15-16H,4,7-8,10H2,1-3H3,(H,17,18)/b9-5-,11-6+/t12-,13-/m1/s1. The Kier molecular flexibility index (Phi) is 9.01. The molecule has 3 N–H and O–H groups in total. The van der Waals surface area contributed by atoms with Crippen LogP contribution in [0.2, 0.25) is 0 Å². The van der Waals surface area contributed by atoms with Gasteiger partial charge >= 0.3 is 5.97 Å². The van der Waals surface area contributed by atoms with Crippen LogP contribution in [0.3, 0.4) is 0 Å². The van der Waals surface area contributed by atoms with E-state index in [2.05, 4.69) is 12.2 Å². The fourth-order valence-corrected chi connectivity index (χ4v) is 1.66. The zero-order chi connectivity index (χ0) is 14.0. The molecule has 0 aliphatic heterocycles. The molecule has 0 saturated carbocycles. The minimum atomic E-state index is -0.700. The van der Waals surface area contributed by atoms with Crippen molar-refractivity contribution in [3.63, 3.8) is 0 Å². The molecule has 0 unspecified atom stereocenters. The molecule has 0 aliphatic carbocycles. The first-order valence-electron chi connectivity index (χ1n) is 6.43. The number of rotatable bonds is 9. The molecule has 0 saturated heterocycles. The Bertz CT molecular complexity index is 297. The average Bonchev–Trinajstić information content (AvgIpc) is 2.34. The van der Waals surface area contributed by atoms with Crippen LogP contribution < -0.4 is 5.32 Å². The Hall–Kier alpha value is -1.29. The Morgan fingerprint density at radius 1 is 1.39 bits per heavy atom. The number of carboxylic acids is 1. The Labute approximate surface area is 109 Å². The molecular formula is C14H25NO3. The quantitative estimate of drug-likeness (QED) is 0.437. The first-order valence-corrected chi connectivity index (χ1v) is 6.43. The van der Waals surface area contributed by atoms with E-state index >= 15 is 0 Å². The van der Waals surface area contributed by atoms with E-state index in [-0.39, 0.29) is 5.92 Å². The lowest BCUT2D eigenvalue weighted by Crippen LogP contribution is -2.28. The third-order valence-corrected chi connectivity index (χ3v) is 2.99. The summed E-state index contributed by atoms with van der Waals surface area (Å²) in [7, 11) is 0. The topological polar surface area (TPSA) is 69.6 Å². The summed E-state index contributed by atoms with van der Waals surface area (Å²) < 4.78 is 0. The normalized spacial score (nSPS) is 15.8. The third kappa shape index (κ3) is 7.90. The number of carboxylic acid groups (broad SMARTS) is 1. The molecule has 2 atom stereocenters. The van der Waals surface area contributed by atoms with Gasteiger partial charge in [0, 0.05) is 12.6 Å². The van der Waals surface area contributed by atoms with Gasteiger partial charge in [0.25, 0.3) is 0 Å². The number of aliphatic hydroxyl groups is 1. The summed E-state index contributed by atoms with van der Waals surface area (Å²) in [6.45, 7) is 6.69. The van der Waals surface area contributed by atoms with Gasteiger partial charge in [-0.2, -0.15) is 0 Å². The average molecular weight is 255 g/mol. The Balaban J connectivity index is 3.90. The Morgan fingerprint density at radius 3 is 2.56 bits per heavy atom. The summed E-state index contributed by atoms with van der Waals surface area (Å²) in [5, 5.41) is 20.8. The zero-order valence-electron chi connectivity index (χ0n) is 11.5. The number of nitrogens with one attached hydrogen (secondary N) is 1. The van der Waals surface area contributed by atoms with Crippen molar-refractivity contribution >= 4 is 5.97 Å². The molecule has 0 aromatic rings. The van der Waals surface area contributed by atoms with Crippen molar-refractivity contribution in [2.45, 2.75) is 46.1 Å². The summed E-state index contributed by atoms with van der Waals surface area (Å²) in [4.78, 5) is 10.9. The van der Waals surface area contributed by atoms with Gasteiger partial charge in [0.2, 0.25) is 0 Å². The number of aliphatic carboxylic acids is 1. The van der Waals surface area contributed by atoms with E-state index in [1.807, 2.05) is 19.9 Å². The van der Waals surface area contributed by atoms with Crippen LogP contribution in [-0.2, 0) is 4.79 Å². The van der Waals surface area contributed by atoms with Gasteiger partial charge in [-0.3, -0.25) is 4.79 Å². The minimum absolute atomic E-state index is 0.233. The fraction of sp³-hybridized carbons (Fsp3) is 0.643. The van der Waals surface area contributed by atoms with Crippen molar-refractivity contribution in [3.8, 4) is 0 Å². The first kappa shape index (κ1) is 16.7. The maximum Gasteiger partial charge on any atom is 0.306 e. The molecule has 4 heteroatoms. The van der Waals surface area contributed by atoms with Crippen LogP contribution in [0, 0.1) is 5.92 Å². The molecule has 0 fully saturated rings. The highest BCUT2D eigenvalue weighted by atomic mass is 16.4. The van der Waals surface area contributed by atoms with Crippen molar-refractivity contribution in [1.29, 1.82) is 0 Å². The van der Waals surface area contributed by atoms with Gasteiger partial charge in [-0.25, -0.2) is 0 Å². The predicted molar refractivity (Wildman–Crippen MR) is 73.6 cm³/mol. The second kappa shape index (κ2) is 9.71. The SMILES string of the molecule is CC[C@H](CC[C@@H](C)NC/C(C)=C/C=C\O)C(=O)O. The second-order valence-electron chi connectivity index (χ2n) is 4.66. The van der Waals surface area contributed by atoms with Crippen LogP contribution in [0.1, 0.15) is 40.0 Å². The maximum absolute atomic E-state index is 10.9. The molecule has 0 aliphatic rings. The monoisotopic (exact) mass is 255 g/mol. The minimum Gasteiger partial charge on any atom is -0.516 e. The highest BCUT2D eigenvalue weighted by Gasteiger charge is 2.15. The highest BCUT2D eigenvalue weighted by molar-refractivity contribution is 5.69. The maximum atomic E-state index is 10.9. The predicted octanol–water partition coefficient (Wildman–Crippen LogP) is 2.87. The van der Waals surface area contributed by atoms with Gasteiger partial charge in [-0.05, 0) is 39.2 Å². The van der Waals surface area contributed by atoms with Crippen LogP contribution in [0.15, 0.2) is 24.0 Å². The van der Waals surface area contributed by atoms with Crippen molar-refractivity contribution in [3.05, 3.63) is 24.0 Å². The van der Waals surface area contributed by atoms with E-state index in [9.17, 15) is 4.79 Å². The van der Waals surface area contributed by atoms with Gasteiger partial charge in [-0.1, -0.05) is 18.6 Å². The molecule has 0 radical (unpaired) electrons. The van der Waals surface area contributed by atoms with Crippen LogP contribution in [-0.4, -0.2) is 28.8 Å². The number of aliphatic hydroxyl groups excluding tert-OH is 1. The molecule has 18 heavy (non-hydrogen) atoms. The molecule has 0 aromatic heterocycles. The van der Waals surface area contributed by atoms with Gasteiger partial charge in [0.05, 0.1) is 12.2 Å². The summed E-state index contributed by atoms with van der Waals surface area (Å²) in [5.41, 5.74) is 1.12. The second-order valence-corrected chi connectivity index (χ2v) is 4.66. The molecule has 0 heterocycles. The van der Waals surface area contributed by atoms with E-state index in [1.54, 1.807) is 6.08 Å². The number of hydrogen-bond donors (Lipinski definition) is 3. The Morgan fingerprint density at radius 2 is 2.06 bits per heavy atom. The van der Waals surface area contributed by atoms with Crippen LogP contribution >= 0.6 is 0 Å². The zero-order valence-corrected chi connectivity index (χ0v) is 11.5. The lowest BCUT2D eigenvalue weighted by molar-refractivity contribution is -0.142. The summed E-state index contributed by atoms with van der Waals surface area (Å²) in [6.07, 6.45) is 6.67. The lowest BCUT2D eigenvalue weighted by atomic mass is 9.98. The number of carbonyl (C=O) groups is 1. The van der Waals surface area contributed by atoms with Gasteiger partial charge in [-0.15, -0.1) is 0 Å². The fourth-order valence-electron chi connectivity index (χ4n) is 1.66. The van der Waals surface area contributed by atoms with E-state index < -0.39 is 5.97 Å². The van der Waals surface area contributed by atoms with Crippen LogP contribution in [0.4, 0.5) is 0 Å². The van der Waals surface area contributed by atoms with E-state index in [0.717, 1.165) is 24.8 Å². The van der Waals surface area contributed by atoms with E-state index in [1.165, 1.54) is 0 Å². The summed E-state index contributed by atoms with van der Waals surface area (Å²) in [6, 6.07) is 0.292. The van der Waals surface area contributed by atoms with Gasteiger partial charge in [0.15, 0.2) is 0 Å². The van der Waals surface area contributed by atoms with Crippen molar-refractivity contribution in [1.82, 2.24) is 5.32 Å². The van der Waals surface area contributed by atoms with Gasteiger partial charge < -0.3 is 15.5 Å². The van der Waals surface area contributed by atoms with Crippen molar-refractivity contribution in [2.75, 3.05) is 6.54 Å². The lowest BCUT2D eigenvalue weighted by Gasteiger charge is -2.16. The van der Waals surface area contributed by atoms with Gasteiger partial charge in [0.1, 0.15) is 0 Å². The molecule has 0 rings (SSSR count). The molecule has 0 spiro atoms. The third-order valence-electron chi connectivity index (χ3n) is 2.99. The molecule has 0 aromatic carbocycles. The molecule has 0 bridgehead atoms. The molecule has 104 valence electrons. The van der Waals surface area contributed by atoms with Crippen LogP contribution in [0.5, 0.6) is 0 Å². The van der Waals surface area contributed by atoms with Crippen molar-refractivity contribution in [2.24, 2.45) is 5.92 Å². The number of allylic oxidation sites excluding steroid dienone is 2. The molecular weight excluding hydrogens is 230 g/mol. The van der Waals surface area contributed by atoms with Crippen molar-refractivity contribution < 1.29 is 15.0 Å². The van der Waals surface area contributed by atoms with E-state index in [0.29, 0.717) is 18.9 Å².